The van der Waals surface area contributed by atoms with Gasteiger partial charge in [-0.25, -0.2) is 18.7 Å². The van der Waals surface area contributed by atoms with Gasteiger partial charge in [-0.15, -0.1) is 0 Å². The molecule has 0 saturated heterocycles. The first kappa shape index (κ1) is 140. The molecule has 4 aromatic carbocycles. The highest BCUT2D eigenvalue weighted by Gasteiger charge is 2.27. The van der Waals surface area contributed by atoms with Gasteiger partial charge in [0.2, 0.25) is 17.7 Å². The molecule has 11 aromatic rings. The predicted octanol–water partition coefficient (Wildman–Crippen LogP) is 33.1. The number of aromatic nitrogens is 12. The Morgan fingerprint density at radius 2 is 0.826 bits per heavy atom. The van der Waals surface area contributed by atoms with Crippen LogP contribution in [0.25, 0.3) is 0 Å². The van der Waals surface area contributed by atoms with Crippen molar-refractivity contribution >= 4 is 11.9 Å². The Labute approximate surface area is 875 Å². The van der Waals surface area contributed by atoms with E-state index in [1.807, 2.05) is 158 Å². The molecule has 1 aliphatic heterocycles. The summed E-state index contributed by atoms with van der Waals surface area (Å²) in [7, 11) is 1.94. The Balaban J connectivity index is -0.000000733. The van der Waals surface area contributed by atoms with Gasteiger partial charge in [0.15, 0.2) is 23.4 Å². The maximum Gasteiger partial charge on any atom is 0.311 e. The molecule has 8 heterocycles. The molecule has 0 bridgehead atoms. The van der Waals surface area contributed by atoms with Crippen LogP contribution in [0.2, 0.25) is 0 Å². The summed E-state index contributed by atoms with van der Waals surface area (Å²) in [6.07, 6.45) is 13.2. The summed E-state index contributed by atoms with van der Waals surface area (Å²) in [5, 5.41) is 15.3. The van der Waals surface area contributed by atoms with Gasteiger partial charge in [-0.1, -0.05) is 379 Å². The topological polar surface area (TPSA) is 243 Å². The zero-order valence-electron chi connectivity index (χ0n) is 98.6. The second-order valence-corrected chi connectivity index (χ2v) is 50.2. The van der Waals surface area contributed by atoms with E-state index in [4.69, 9.17) is 27.8 Å². The normalized spacial score (nSPS) is 12.0. The van der Waals surface area contributed by atoms with E-state index in [1.165, 1.54) is 45.0 Å². The van der Waals surface area contributed by atoms with Crippen molar-refractivity contribution in [2.75, 3.05) is 33.0 Å². The summed E-state index contributed by atoms with van der Waals surface area (Å²) >= 11 is 0. The maximum absolute atomic E-state index is 13.0. The Morgan fingerprint density at radius 1 is 0.382 bits per heavy atom. The third kappa shape index (κ3) is 63.8. The highest BCUT2D eigenvalue weighted by molar-refractivity contribution is 5.82. The first-order chi connectivity index (χ1) is 64.3. The number of hydrogen-bond acceptors (Lipinski definition) is 19. The lowest BCUT2D eigenvalue weighted by Crippen LogP contribution is -2.22. The molecule has 12 rings (SSSR count). The van der Waals surface area contributed by atoms with Crippen molar-refractivity contribution in [1.29, 1.82) is 0 Å². The van der Waals surface area contributed by atoms with Crippen LogP contribution in [-0.2, 0) is 85.6 Å². The smallest absolute Gasteiger partial charge is 0.311 e. The zero-order valence-corrected chi connectivity index (χ0v) is 98.6. The highest BCUT2D eigenvalue weighted by Crippen LogP contribution is 2.30. The number of aryl methyl sites for hydroxylation is 8. The lowest BCUT2D eigenvalue weighted by atomic mass is 9.85. The molecule has 22 heteroatoms. The number of ether oxygens (including phenoxy) is 3. The molecule has 0 atom stereocenters. The summed E-state index contributed by atoms with van der Waals surface area (Å²) in [6.45, 7) is 110. The maximum atomic E-state index is 13.0. The highest BCUT2D eigenvalue weighted by atomic mass is 19.1. The molecule has 0 saturated carbocycles. The third-order valence-electron chi connectivity index (χ3n) is 20.1. The molecule has 810 valence electrons. The van der Waals surface area contributed by atoms with E-state index in [1.54, 1.807) is 49.8 Å². The second kappa shape index (κ2) is 61.9. The minimum absolute atomic E-state index is 0. The van der Waals surface area contributed by atoms with Crippen LogP contribution in [-0.4, -0.2) is 105 Å². The van der Waals surface area contributed by atoms with Crippen LogP contribution in [0.1, 0.15) is 422 Å². The lowest BCUT2D eigenvalue weighted by Gasteiger charge is -2.19. The van der Waals surface area contributed by atoms with Crippen LogP contribution >= 0.6 is 0 Å². The van der Waals surface area contributed by atoms with Crippen LogP contribution in [0.3, 0.4) is 0 Å². The molecule has 0 aliphatic carbocycles. The standard InChI is InChI=1S/C12H18.C11H15F.C10H13F.C10H15N.C10H14.C9H13N.C8H14N2.C8H12N2.3C7H12N2O.C7H13NO.C7H14O2.C7H16O.2CH4/c1-9-6-7-11(8-10(9)2)12(3,4)5;1-8-5-9(11(2,3)4)7-10(12)6-8;1-10(2,3)8-5-4-6-9(11)7-8;1-8-5-6-9(7-11-8)10(2,3)4;1-10(2,3)9-7-5-4-6-8-9;1-9(2,3)8-5-4-6-10-7-8;1-8(2,3)7-5-9-10(4)6-7;1-8(2,3)7-9-5-4-6-10-7;1-5-8-6(9-10-5)7(2,3)4;2*1-5-8-6(10-9-5)7(2,3)4;1-7(2,3)6-8-4-5-9-6;1-5-9-6(8)7(2,3)4;1-5-8-6-7(2,3)4;;/h6-8H,1-5H3;5-7H,1-4H3;4-7H,1-3H3;5-7H,1-4H3;4-8H,1-3H3;4-7H,1-3H3;5-6H,1-4H3;4-6H,1-3H3;3*1-4H3;4-5H2,1-3H3;5H2,1-4H3;5-6H2,1-4H3;2*1H4. The summed E-state index contributed by atoms with van der Waals surface area (Å²) in [5.74, 6) is 5.57. The van der Waals surface area contributed by atoms with Gasteiger partial charge in [-0.05, 0) is 218 Å². The number of aliphatic imine (C=N–C) groups is 1. The van der Waals surface area contributed by atoms with Gasteiger partial charge in [0.05, 0.1) is 31.4 Å². The SMILES string of the molecule is C.C.CC(C)(C)C1=NCCO1.CC(C)(C)c1cccc(F)c1.CC(C)(C)c1ccccc1.CC(C)(C)c1cccnc1.CC(C)(C)c1ncccn1.CCOC(=O)C(C)(C)C.CCOCC(C)(C)C.Cc1cc(F)cc(C(C)(C)C)c1.Cc1ccc(C(C)(C)C)cc1C.Cc1ccc(C(C)(C)C)cn1.Cc1nc(C(C)(C)C)no1.Cc1noc(C(C)(C)C)n1.Cc1noc(C(C)(C)C)n1.Cn1cc(C(C)(C)C)cn1. The Morgan fingerprint density at radius 3 is 1.08 bits per heavy atom. The first-order valence-electron chi connectivity index (χ1n) is 49.9. The van der Waals surface area contributed by atoms with Crippen molar-refractivity contribution in [3.8, 4) is 0 Å². The van der Waals surface area contributed by atoms with Crippen molar-refractivity contribution in [3.63, 3.8) is 0 Å². The van der Waals surface area contributed by atoms with E-state index < -0.39 is 0 Å². The van der Waals surface area contributed by atoms with E-state index in [9.17, 15) is 13.6 Å². The molecular formula is C122H201F2N13O7. The average molecular weight is 2000 g/mol. The van der Waals surface area contributed by atoms with Gasteiger partial charge in [-0.3, -0.25) is 24.4 Å². The number of benzene rings is 4. The van der Waals surface area contributed by atoms with E-state index in [0.717, 1.165) is 66.3 Å². The monoisotopic (exact) mass is 2000 g/mol. The van der Waals surface area contributed by atoms with Crippen molar-refractivity contribution in [1.82, 2.24) is 60.1 Å². The average Bonchev–Trinajstić information content (AvgIpc) is 1.28. The van der Waals surface area contributed by atoms with Gasteiger partial charge in [-0.2, -0.15) is 20.1 Å². The van der Waals surface area contributed by atoms with Crippen molar-refractivity contribution < 1.29 is 41.4 Å². The number of carbonyl (C=O) groups excluding carboxylic acids is 1. The van der Waals surface area contributed by atoms with Crippen molar-refractivity contribution in [3.05, 3.63) is 279 Å². The number of rotatable bonds is 3. The molecule has 20 nitrogen and oxygen atoms in total. The molecule has 7 aromatic heterocycles. The summed E-state index contributed by atoms with van der Waals surface area (Å²) in [4.78, 5) is 43.9. The van der Waals surface area contributed by atoms with Crippen molar-refractivity contribution in [2.24, 2.45) is 28.3 Å². The molecule has 0 fully saturated rings. The summed E-state index contributed by atoms with van der Waals surface area (Å²) in [6, 6.07) is 39.3. The molecule has 0 radical (unpaired) electrons. The quantitative estimate of drug-likeness (QED) is 0.149. The van der Waals surface area contributed by atoms with E-state index in [0.29, 0.717) is 46.8 Å². The molecule has 0 spiro atoms. The van der Waals surface area contributed by atoms with Crippen LogP contribution in [0.5, 0.6) is 0 Å². The van der Waals surface area contributed by atoms with Crippen LogP contribution in [0.15, 0.2) is 183 Å². The second-order valence-electron chi connectivity index (χ2n) is 50.2. The molecule has 0 unspecified atom stereocenters. The van der Waals surface area contributed by atoms with E-state index in [2.05, 4.69) is 376 Å². The predicted molar refractivity (Wildman–Crippen MR) is 604 cm³/mol. The minimum atomic E-state index is -0.351. The molecular weight excluding hydrogens is 1800 g/mol. The number of pyridine rings is 2. The Hall–Kier alpha value is -10.3. The van der Waals surface area contributed by atoms with Gasteiger partial charge in [0.25, 0.3) is 0 Å². The molecule has 0 N–H and O–H groups in total. The fourth-order valence-electron chi connectivity index (χ4n) is 10.8. The largest absolute Gasteiger partial charge is 0.479 e. The first-order valence-corrected chi connectivity index (χ1v) is 49.9. The number of halogens is 2. The van der Waals surface area contributed by atoms with Crippen LogP contribution in [0, 0.1) is 76.3 Å². The van der Waals surface area contributed by atoms with Crippen LogP contribution in [0.4, 0.5) is 8.78 Å². The fourth-order valence-corrected chi connectivity index (χ4v) is 10.8. The lowest BCUT2D eigenvalue weighted by molar-refractivity contribution is -0.152. The Bertz CT molecular complexity index is 4960. The minimum Gasteiger partial charge on any atom is -0.479 e. The summed E-state index contributed by atoms with van der Waals surface area (Å²) < 4.78 is 57.5. The third-order valence-corrected chi connectivity index (χ3v) is 20.1. The van der Waals surface area contributed by atoms with Gasteiger partial charge < -0.3 is 27.8 Å². The van der Waals surface area contributed by atoms with Gasteiger partial charge in [0, 0.05) is 90.5 Å². The number of carbonyl (C=O) groups is 1. The van der Waals surface area contributed by atoms with Crippen molar-refractivity contribution in [2.45, 2.75) is 428 Å². The molecule has 0 amide bonds. The molecule has 1 aliphatic rings. The molecule has 144 heavy (non-hydrogen) atoms. The van der Waals surface area contributed by atoms with Gasteiger partial charge >= 0.3 is 5.97 Å². The van der Waals surface area contributed by atoms with Crippen LogP contribution < -0.4 is 0 Å². The summed E-state index contributed by atoms with van der Waals surface area (Å²) in [5.41, 5.74) is 15.1. The number of hydrogen-bond donors (Lipinski definition) is 0. The van der Waals surface area contributed by atoms with E-state index in [-0.39, 0.29) is 97.4 Å². The van der Waals surface area contributed by atoms with E-state index >= 15 is 0 Å². The zero-order chi connectivity index (χ0) is 111. The van der Waals surface area contributed by atoms with Gasteiger partial charge in [0.1, 0.15) is 24.1 Å². The fraction of sp³-hybridized carbons (Fsp3) is 0.598. The number of nitrogens with zero attached hydrogens (tertiary/aromatic N) is 13. The Kier molecular flexibility index (Phi) is 60.2. The number of esters is 1.